The van der Waals surface area contributed by atoms with Gasteiger partial charge in [-0.05, 0) is 19.3 Å². The van der Waals surface area contributed by atoms with Gasteiger partial charge in [0.1, 0.15) is 6.04 Å². The molecule has 0 fully saturated rings. The van der Waals surface area contributed by atoms with Crippen molar-refractivity contribution < 1.29 is 14.3 Å². The van der Waals surface area contributed by atoms with Crippen molar-refractivity contribution in [1.29, 1.82) is 0 Å². The second kappa shape index (κ2) is 8.23. The monoisotopic (exact) mass is 297 g/mol. The van der Waals surface area contributed by atoms with Crippen molar-refractivity contribution in [3.63, 3.8) is 0 Å². The Morgan fingerprint density at radius 3 is 2.43 bits per heavy atom. The first-order valence-corrected chi connectivity index (χ1v) is 6.91. The molecule has 8 heteroatoms. The fraction of sp³-hybridized carbons (Fsp3) is 0.692. The highest BCUT2D eigenvalue weighted by Gasteiger charge is 2.22. The summed E-state index contributed by atoms with van der Waals surface area (Å²) in [6.45, 7) is 6.33. The largest absolute Gasteiger partial charge is 0.467 e. The maximum atomic E-state index is 11.8. The molecule has 1 aromatic heterocycles. The lowest BCUT2D eigenvalue weighted by molar-refractivity contribution is -0.141. The van der Waals surface area contributed by atoms with Gasteiger partial charge in [-0.3, -0.25) is 0 Å². The fourth-order valence-electron chi connectivity index (χ4n) is 1.71. The van der Waals surface area contributed by atoms with Gasteiger partial charge in [0.05, 0.1) is 13.7 Å². The molecular weight excluding hydrogens is 274 g/mol. The number of hydrogen-bond acceptors (Lipinski definition) is 8. The van der Waals surface area contributed by atoms with Crippen LogP contribution in [0.25, 0.3) is 0 Å². The summed E-state index contributed by atoms with van der Waals surface area (Å²) in [5, 5.41) is 5.80. The zero-order valence-electron chi connectivity index (χ0n) is 13.1. The van der Waals surface area contributed by atoms with Crippen molar-refractivity contribution in [2.24, 2.45) is 5.92 Å². The van der Waals surface area contributed by atoms with Crippen LogP contribution in [0.2, 0.25) is 0 Å². The fourth-order valence-corrected chi connectivity index (χ4v) is 1.71. The molecule has 21 heavy (non-hydrogen) atoms. The van der Waals surface area contributed by atoms with Gasteiger partial charge in [0.15, 0.2) is 0 Å². The zero-order chi connectivity index (χ0) is 15.8. The quantitative estimate of drug-likeness (QED) is 0.693. The lowest BCUT2D eigenvalue weighted by atomic mass is 10.0. The summed E-state index contributed by atoms with van der Waals surface area (Å²) >= 11 is 0. The van der Waals surface area contributed by atoms with E-state index in [0.717, 1.165) is 0 Å². The second-order valence-electron chi connectivity index (χ2n) is 4.80. The molecule has 1 unspecified atom stereocenters. The molecule has 0 bridgehead atoms. The van der Waals surface area contributed by atoms with E-state index in [4.69, 9.17) is 9.47 Å². The van der Waals surface area contributed by atoms with E-state index in [9.17, 15) is 4.79 Å². The van der Waals surface area contributed by atoms with Gasteiger partial charge in [-0.15, -0.1) is 0 Å². The Morgan fingerprint density at radius 2 is 1.90 bits per heavy atom. The zero-order valence-corrected chi connectivity index (χ0v) is 13.1. The first kappa shape index (κ1) is 16.9. The molecule has 0 aliphatic carbocycles. The Bertz CT molecular complexity index is 467. The first-order valence-electron chi connectivity index (χ1n) is 6.91. The number of esters is 1. The third-order valence-electron chi connectivity index (χ3n) is 2.61. The Hall–Kier alpha value is -2.12. The lowest BCUT2D eigenvalue weighted by Crippen LogP contribution is -2.33. The minimum Gasteiger partial charge on any atom is -0.467 e. The maximum absolute atomic E-state index is 11.8. The minimum absolute atomic E-state index is 0.201. The predicted molar refractivity (Wildman–Crippen MR) is 79.4 cm³/mol. The van der Waals surface area contributed by atoms with Gasteiger partial charge in [0, 0.05) is 7.05 Å². The molecule has 2 N–H and O–H groups in total. The molecule has 0 spiro atoms. The van der Waals surface area contributed by atoms with E-state index in [-0.39, 0.29) is 17.9 Å². The van der Waals surface area contributed by atoms with Crippen molar-refractivity contribution in [2.75, 3.05) is 31.4 Å². The van der Waals surface area contributed by atoms with Crippen LogP contribution in [0, 0.1) is 5.92 Å². The molecule has 0 saturated carbocycles. The molecule has 0 amide bonds. The van der Waals surface area contributed by atoms with Crippen LogP contribution in [-0.4, -0.2) is 47.7 Å². The number of nitrogens with one attached hydrogen (secondary N) is 2. The van der Waals surface area contributed by atoms with Crippen LogP contribution in [-0.2, 0) is 9.53 Å². The third-order valence-corrected chi connectivity index (χ3v) is 2.61. The summed E-state index contributed by atoms with van der Waals surface area (Å²) in [6, 6.07) is -0.316. The van der Waals surface area contributed by atoms with Crippen LogP contribution in [0.3, 0.4) is 0 Å². The molecule has 0 aromatic carbocycles. The van der Waals surface area contributed by atoms with E-state index in [1.807, 2.05) is 20.8 Å². The van der Waals surface area contributed by atoms with E-state index in [2.05, 4.69) is 25.6 Å². The molecule has 0 aliphatic rings. The topological polar surface area (TPSA) is 98.3 Å². The number of carbonyl (C=O) groups is 1. The van der Waals surface area contributed by atoms with E-state index in [1.165, 1.54) is 7.11 Å². The van der Waals surface area contributed by atoms with Gasteiger partial charge in [-0.1, -0.05) is 13.8 Å². The minimum atomic E-state index is -0.517. The van der Waals surface area contributed by atoms with Crippen LogP contribution >= 0.6 is 0 Å². The van der Waals surface area contributed by atoms with Gasteiger partial charge < -0.3 is 20.1 Å². The summed E-state index contributed by atoms with van der Waals surface area (Å²) in [7, 11) is 3.05. The number of methoxy groups -OCH3 is 1. The molecule has 0 saturated heterocycles. The van der Waals surface area contributed by atoms with Crippen LogP contribution in [0.15, 0.2) is 0 Å². The van der Waals surface area contributed by atoms with Gasteiger partial charge in [-0.2, -0.15) is 15.0 Å². The van der Waals surface area contributed by atoms with Crippen molar-refractivity contribution in [2.45, 2.75) is 33.2 Å². The highest BCUT2D eigenvalue weighted by atomic mass is 16.5. The van der Waals surface area contributed by atoms with E-state index < -0.39 is 6.04 Å². The van der Waals surface area contributed by atoms with Crippen molar-refractivity contribution >= 4 is 17.9 Å². The van der Waals surface area contributed by atoms with Gasteiger partial charge in [-0.25, -0.2) is 4.79 Å². The predicted octanol–water partition coefficient (Wildman–Crippen LogP) is 1.31. The van der Waals surface area contributed by atoms with Gasteiger partial charge in [0.25, 0.3) is 0 Å². The van der Waals surface area contributed by atoms with Crippen LogP contribution in [0.1, 0.15) is 27.2 Å². The van der Waals surface area contributed by atoms with Crippen molar-refractivity contribution in [3.05, 3.63) is 0 Å². The summed E-state index contributed by atoms with van der Waals surface area (Å²) in [6.07, 6.45) is 0.608. The molecule has 1 heterocycles. The van der Waals surface area contributed by atoms with Crippen molar-refractivity contribution in [1.82, 2.24) is 15.0 Å². The Kier molecular flexibility index (Phi) is 6.64. The lowest BCUT2D eigenvalue weighted by Gasteiger charge is -2.18. The molecule has 1 rings (SSSR count). The Morgan fingerprint density at radius 1 is 1.24 bits per heavy atom. The Balaban J connectivity index is 2.95. The third kappa shape index (κ3) is 5.41. The average Bonchev–Trinajstić information content (AvgIpc) is 2.45. The molecule has 1 atom stereocenters. The number of carbonyl (C=O) groups excluding carboxylic acids is 1. The number of hydrogen-bond donors (Lipinski definition) is 2. The number of nitrogens with zero attached hydrogens (tertiary/aromatic N) is 3. The number of ether oxygens (including phenoxy) is 2. The average molecular weight is 297 g/mol. The first-order chi connectivity index (χ1) is 9.99. The van der Waals surface area contributed by atoms with Gasteiger partial charge in [0.2, 0.25) is 11.9 Å². The van der Waals surface area contributed by atoms with E-state index in [0.29, 0.717) is 24.9 Å². The van der Waals surface area contributed by atoms with Crippen LogP contribution in [0.5, 0.6) is 6.01 Å². The normalized spacial score (nSPS) is 11.9. The SMILES string of the molecule is CCOc1nc(NC)nc(NC(CC(C)C)C(=O)OC)n1. The number of rotatable bonds is 8. The molecule has 0 radical (unpaired) electrons. The van der Waals surface area contributed by atoms with Crippen LogP contribution < -0.4 is 15.4 Å². The smallest absolute Gasteiger partial charge is 0.328 e. The molecule has 1 aromatic rings. The second-order valence-corrected chi connectivity index (χ2v) is 4.80. The number of anilines is 2. The van der Waals surface area contributed by atoms with Gasteiger partial charge >= 0.3 is 12.0 Å². The highest BCUT2D eigenvalue weighted by Crippen LogP contribution is 2.15. The Labute approximate surface area is 124 Å². The summed E-state index contributed by atoms with van der Waals surface area (Å²) in [5.74, 6) is 0.601. The number of aromatic nitrogens is 3. The van der Waals surface area contributed by atoms with Crippen molar-refractivity contribution in [3.8, 4) is 6.01 Å². The molecule has 118 valence electrons. The molecule has 0 aliphatic heterocycles. The molecule has 8 nitrogen and oxygen atoms in total. The van der Waals surface area contributed by atoms with Crippen LogP contribution in [0.4, 0.5) is 11.9 Å². The maximum Gasteiger partial charge on any atom is 0.328 e. The standard InChI is InChI=1S/C13H23N5O3/c1-6-21-13-17-11(14-4)16-12(18-13)15-9(7-8(2)3)10(19)20-5/h8-9H,6-7H2,1-5H3,(H2,14,15,16,17,18). The van der Waals surface area contributed by atoms with E-state index in [1.54, 1.807) is 7.05 Å². The molecular formula is C13H23N5O3. The highest BCUT2D eigenvalue weighted by molar-refractivity contribution is 5.78. The summed E-state index contributed by atoms with van der Waals surface area (Å²) in [5.41, 5.74) is 0. The summed E-state index contributed by atoms with van der Waals surface area (Å²) in [4.78, 5) is 24.2. The van der Waals surface area contributed by atoms with E-state index >= 15 is 0 Å². The summed E-state index contributed by atoms with van der Waals surface area (Å²) < 4.78 is 10.1.